The van der Waals surface area contributed by atoms with E-state index < -0.39 is 0 Å². The van der Waals surface area contributed by atoms with E-state index in [0.29, 0.717) is 27.8 Å². The van der Waals surface area contributed by atoms with Gasteiger partial charge in [0.15, 0.2) is 18.1 Å². The summed E-state index contributed by atoms with van der Waals surface area (Å²) < 4.78 is 10.8. The molecule has 144 valence electrons. The molecule has 2 aromatic carbocycles. The van der Waals surface area contributed by atoms with Gasteiger partial charge in [-0.2, -0.15) is 0 Å². The molecule has 2 aromatic rings. The van der Waals surface area contributed by atoms with Gasteiger partial charge in [0, 0.05) is 11.6 Å². The highest BCUT2D eigenvalue weighted by Crippen LogP contribution is 2.29. The summed E-state index contributed by atoms with van der Waals surface area (Å²) in [6.07, 6.45) is 0. The number of methoxy groups -OCH3 is 1. The van der Waals surface area contributed by atoms with Crippen LogP contribution in [-0.4, -0.2) is 31.6 Å². The number of hydrogen-bond donors (Lipinski definition) is 2. The minimum atomic E-state index is -0.330. The van der Waals surface area contributed by atoms with Crippen LogP contribution in [-0.2, 0) is 4.79 Å². The lowest BCUT2D eigenvalue weighted by atomic mass is 10.1. The molecule has 6 nitrogen and oxygen atoms in total. The second kappa shape index (κ2) is 9.28. The number of carbonyl (C=O) groups is 2. The molecule has 0 bridgehead atoms. The molecule has 0 atom stereocenters. The monoisotopic (exact) mass is 390 g/mol. The number of aryl methyl sites for hydroxylation is 1. The molecule has 0 spiro atoms. The summed E-state index contributed by atoms with van der Waals surface area (Å²) in [6.45, 7) is 5.51. The zero-order valence-corrected chi connectivity index (χ0v) is 16.5. The summed E-state index contributed by atoms with van der Waals surface area (Å²) in [5, 5.41) is 5.96. The fraction of sp³-hybridized carbons (Fsp3) is 0.300. The third kappa shape index (κ3) is 5.89. The number of ether oxygens (including phenoxy) is 2. The van der Waals surface area contributed by atoms with E-state index in [9.17, 15) is 9.59 Å². The molecule has 0 aromatic heterocycles. The van der Waals surface area contributed by atoms with E-state index >= 15 is 0 Å². The van der Waals surface area contributed by atoms with Crippen LogP contribution in [0.3, 0.4) is 0 Å². The maximum atomic E-state index is 12.5. The van der Waals surface area contributed by atoms with Gasteiger partial charge in [0.1, 0.15) is 0 Å². The van der Waals surface area contributed by atoms with Crippen molar-refractivity contribution in [3.8, 4) is 11.5 Å². The second-order valence-electron chi connectivity index (χ2n) is 6.31. The van der Waals surface area contributed by atoms with E-state index in [-0.39, 0.29) is 24.5 Å². The number of carbonyl (C=O) groups excluding carboxylic acids is 2. The maximum absolute atomic E-state index is 12.5. The molecule has 27 heavy (non-hydrogen) atoms. The molecule has 0 unspecified atom stereocenters. The van der Waals surface area contributed by atoms with E-state index in [1.54, 1.807) is 30.3 Å². The Bertz CT molecular complexity index is 837. The highest BCUT2D eigenvalue weighted by atomic mass is 35.5. The fourth-order valence-electron chi connectivity index (χ4n) is 2.35. The van der Waals surface area contributed by atoms with Crippen LogP contribution in [0.15, 0.2) is 36.4 Å². The predicted octanol–water partition coefficient (Wildman–Crippen LogP) is 3.81. The van der Waals surface area contributed by atoms with Crippen LogP contribution in [0.1, 0.15) is 29.8 Å². The zero-order chi connectivity index (χ0) is 20.0. The van der Waals surface area contributed by atoms with Gasteiger partial charge in [-0.25, -0.2) is 0 Å². The average molecular weight is 391 g/mol. The van der Waals surface area contributed by atoms with Crippen molar-refractivity contribution in [3.63, 3.8) is 0 Å². The number of anilines is 1. The van der Waals surface area contributed by atoms with Crippen LogP contribution in [0, 0.1) is 6.92 Å². The standard InChI is InChI=1S/C20H23ClN2O4/c1-12(2)22-19(24)11-27-17-8-6-14(10-18(17)26-4)20(25)23-16-7-5-13(3)9-15(16)21/h5-10,12H,11H2,1-4H3,(H,22,24)(H,23,25). The Morgan fingerprint density at radius 2 is 1.85 bits per heavy atom. The van der Waals surface area contributed by atoms with Crippen molar-refractivity contribution >= 4 is 29.1 Å². The van der Waals surface area contributed by atoms with Gasteiger partial charge in [0.25, 0.3) is 11.8 Å². The third-order valence-electron chi connectivity index (χ3n) is 3.61. The van der Waals surface area contributed by atoms with E-state index in [2.05, 4.69) is 10.6 Å². The summed E-state index contributed by atoms with van der Waals surface area (Å²) in [6, 6.07) is 10.1. The normalized spacial score (nSPS) is 10.4. The predicted molar refractivity (Wildman–Crippen MR) is 106 cm³/mol. The molecule has 0 saturated heterocycles. The van der Waals surface area contributed by atoms with Gasteiger partial charge in [-0.05, 0) is 56.7 Å². The number of amides is 2. The number of nitrogens with one attached hydrogen (secondary N) is 2. The Morgan fingerprint density at radius 1 is 1.11 bits per heavy atom. The molecule has 0 radical (unpaired) electrons. The van der Waals surface area contributed by atoms with Crippen molar-refractivity contribution in [2.24, 2.45) is 0 Å². The van der Waals surface area contributed by atoms with Gasteiger partial charge in [-0.1, -0.05) is 17.7 Å². The molecule has 0 aliphatic carbocycles. The van der Waals surface area contributed by atoms with Gasteiger partial charge in [0.05, 0.1) is 17.8 Å². The minimum absolute atomic E-state index is 0.0302. The number of benzene rings is 2. The highest BCUT2D eigenvalue weighted by molar-refractivity contribution is 6.34. The Balaban J connectivity index is 2.10. The highest BCUT2D eigenvalue weighted by Gasteiger charge is 2.14. The van der Waals surface area contributed by atoms with E-state index in [4.69, 9.17) is 21.1 Å². The molecule has 0 fully saturated rings. The Labute approximate surface area is 163 Å². The summed E-state index contributed by atoms with van der Waals surface area (Å²) in [5.74, 6) is 0.169. The minimum Gasteiger partial charge on any atom is -0.493 e. The summed E-state index contributed by atoms with van der Waals surface area (Å²) >= 11 is 6.15. The average Bonchev–Trinajstić information content (AvgIpc) is 2.61. The molecule has 0 aliphatic heterocycles. The SMILES string of the molecule is COc1cc(C(=O)Nc2ccc(C)cc2Cl)ccc1OCC(=O)NC(C)C. The van der Waals surface area contributed by atoms with Crippen molar-refractivity contribution < 1.29 is 19.1 Å². The van der Waals surface area contributed by atoms with E-state index in [1.807, 2.05) is 26.8 Å². The Morgan fingerprint density at radius 3 is 2.48 bits per heavy atom. The number of rotatable bonds is 7. The molecule has 2 rings (SSSR count). The lowest BCUT2D eigenvalue weighted by molar-refractivity contribution is -0.123. The van der Waals surface area contributed by atoms with Crippen LogP contribution in [0.2, 0.25) is 5.02 Å². The van der Waals surface area contributed by atoms with Crippen LogP contribution >= 0.6 is 11.6 Å². The molecule has 2 N–H and O–H groups in total. The van der Waals surface area contributed by atoms with Crippen LogP contribution in [0.5, 0.6) is 11.5 Å². The van der Waals surface area contributed by atoms with Crippen LogP contribution in [0.4, 0.5) is 5.69 Å². The molecule has 2 amide bonds. The first-order valence-electron chi connectivity index (χ1n) is 8.48. The number of halogens is 1. The first-order chi connectivity index (χ1) is 12.8. The van der Waals surface area contributed by atoms with Crippen molar-refractivity contribution in [1.82, 2.24) is 5.32 Å². The molecule has 0 aliphatic rings. The molecular formula is C20H23ClN2O4. The lowest BCUT2D eigenvalue weighted by Crippen LogP contribution is -2.34. The molecule has 7 heteroatoms. The van der Waals surface area contributed by atoms with Gasteiger partial charge in [-0.3, -0.25) is 9.59 Å². The van der Waals surface area contributed by atoms with Gasteiger partial charge < -0.3 is 20.1 Å². The fourth-order valence-corrected chi connectivity index (χ4v) is 2.63. The quantitative estimate of drug-likeness (QED) is 0.753. The second-order valence-corrected chi connectivity index (χ2v) is 6.72. The first kappa shape index (κ1) is 20.6. The lowest BCUT2D eigenvalue weighted by Gasteiger charge is -2.13. The third-order valence-corrected chi connectivity index (χ3v) is 3.92. The molecule has 0 saturated carbocycles. The first-order valence-corrected chi connectivity index (χ1v) is 8.85. The van der Waals surface area contributed by atoms with E-state index in [0.717, 1.165) is 5.56 Å². The van der Waals surface area contributed by atoms with Crippen molar-refractivity contribution in [2.45, 2.75) is 26.8 Å². The topological polar surface area (TPSA) is 76.7 Å². The van der Waals surface area contributed by atoms with Gasteiger partial charge >= 0.3 is 0 Å². The van der Waals surface area contributed by atoms with Gasteiger partial charge in [-0.15, -0.1) is 0 Å². The van der Waals surface area contributed by atoms with E-state index in [1.165, 1.54) is 7.11 Å². The largest absolute Gasteiger partial charge is 0.493 e. The van der Waals surface area contributed by atoms with Crippen molar-refractivity contribution in [1.29, 1.82) is 0 Å². The number of hydrogen-bond acceptors (Lipinski definition) is 4. The Hall–Kier alpha value is -2.73. The van der Waals surface area contributed by atoms with Crippen LogP contribution < -0.4 is 20.1 Å². The summed E-state index contributed by atoms with van der Waals surface area (Å²) in [7, 11) is 1.47. The van der Waals surface area contributed by atoms with Crippen molar-refractivity contribution in [2.75, 3.05) is 19.0 Å². The van der Waals surface area contributed by atoms with Gasteiger partial charge in [0.2, 0.25) is 0 Å². The Kier molecular flexibility index (Phi) is 7.07. The van der Waals surface area contributed by atoms with Crippen molar-refractivity contribution in [3.05, 3.63) is 52.5 Å². The summed E-state index contributed by atoms with van der Waals surface area (Å²) in [4.78, 5) is 24.2. The molecular weight excluding hydrogens is 368 g/mol. The zero-order valence-electron chi connectivity index (χ0n) is 15.8. The molecule has 0 heterocycles. The van der Waals surface area contributed by atoms with Crippen LogP contribution in [0.25, 0.3) is 0 Å². The smallest absolute Gasteiger partial charge is 0.258 e. The maximum Gasteiger partial charge on any atom is 0.258 e. The summed E-state index contributed by atoms with van der Waals surface area (Å²) in [5.41, 5.74) is 1.90.